The van der Waals surface area contributed by atoms with Crippen LogP contribution >= 0.6 is 15.9 Å². The normalized spacial score (nSPS) is 16.4. The third-order valence-corrected chi connectivity index (χ3v) is 3.81. The quantitative estimate of drug-likeness (QED) is 0.888. The number of fused-ring (bicyclic) bond motifs is 1. The van der Waals surface area contributed by atoms with Crippen molar-refractivity contribution in [3.63, 3.8) is 0 Å². The van der Waals surface area contributed by atoms with Crippen molar-refractivity contribution < 1.29 is 4.79 Å². The van der Waals surface area contributed by atoms with Crippen molar-refractivity contribution in [3.8, 4) is 0 Å². The lowest BCUT2D eigenvalue weighted by Crippen LogP contribution is -2.33. The van der Waals surface area contributed by atoms with Gasteiger partial charge >= 0.3 is 0 Å². The van der Waals surface area contributed by atoms with E-state index in [4.69, 9.17) is 0 Å². The van der Waals surface area contributed by atoms with E-state index in [9.17, 15) is 4.79 Å². The molecule has 0 bridgehead atoms. The Morgan fingerprint density at radius 3 is 3.00 bits per heavy atom. The van der Waals surface area contributed by atoms with Crippen molar-refractivity contribution in [2.24, 2.45) is 0 Å². The maximum atomic E-state index is 12.3. The van der Waals surface area contributed by atoms with Crippen LogP contribution in [-0.4, -0.2) is 16.9 Å². The van der Waals surface area contributed by atoms with Crippen molar-refractivity contribution in [1.82, 2.24) is 4.98 Å². The number of nitrogens with one attached hydrogen (secondary N) is 2. The Morgan fingerprint density at radius 1 is 1.45 bits per heavy atom. The summed E-state index contributed by atoms with van der Waals surface area (Å²) in [6.45, 7) is 1.92. The fourth-order valence-electron chi connectivity index (χ4n) is 2.33. The number of amides is 1. The van der Waals surface area contributed by atoms with Crippen LogP contribution < -0.4 is 10.6 Å². The molecule has 1 aliphatic rings. The third-order valence-electron chi connectivity index (χ3n) is 3.37. The number of anilines is 2. The fraction of sp³-hybridized carbons (Fsp3) is 0.200. The van der Waals surface area contributed by atoms with Gasteiger partial charge in [0.25, 0.3) is 0 Å². The number of aromatic nitrogens is 1. The van der Waals surface area contributed by atoms with E-state index in [-0.39, 0.29) is 11.9 Å². The van der Waals surface area contributed by atoms with Crippen LogP contribution in [0.4, 0.5) is 11.5 Å². The fourth-order valence-corrected chi connectivity index (χ4v) is 2.78. The molecule has 0 radical (unpaired) electrons. The molecule has 2 aromatic rings. The molecule has 1 aliphatic heterocycles. The molecule has 102 valence electrons. The van der Waals surface area contributed by atoms with Gasteiger partial charge in [-0.1, -0.05) is 18.2 Å². The second-order valence-corrected chi connectivity index (χ2v) is 5.78. The minimum absolute atomic E-state index is 0.0564. The van der Waals surface area contributed by atoms with Gasteiger partial charge in [-0.3, -0.25) is 4.79 Å². The molecule has 20 heavy (non-hydrogen) atoms. The Morgan fingerprint density at radius 2 is 2.25 bits per heavy atom. The summed E-state index contributed by atoms with van der Waals surface area (Å²) in [6, 6.07) is 9.68. The van der Waals surface area contributed by atoms with Gasteiger partial charge in [-0.15, -0.1) is 0 Å². The molecule has 4 nitrogen and oxygen atoms in total. The van der Waals surface area contributed by atoms with E-state index >= 15 is 0 Å². The van der Waals surface area contributed by atoms with Crippen LogP contribution in [0.1, 0.15) is 11.1 Å². The summed E-state index contributed by atoms with van der Waals surface area (Å²) in [6.07, 6.45) is 2.39. The van der Waals surface area contributed by atoms with Crippen LogP contribution in [0.3, 0.4) is 0 Å². The topological polar surface area (TPSA) is 54.0 Å². The van der Waals surface area contributed by atoms with Crippen molar-refractivity contribution in [2.75, 3.05) is 10.6 Å². The number of pyridine rings is 1. The molecule has 0 fully saturated rings. The highest BCUT2D eigenvalue weighted by Crippen LogP contribution is 2.26. The molecule has 1 amide bonds. The summed E-state index contributed by atoms with van der Waals surface area (Å²) in [4.78, 5) is 16.5. The number of carbonyl (C=O) groups is 1. The summed E-state index contributed by atoms with van der Waals surface area (Å²) >= 11 is 3.36. The Hall–Kier alpha value is -1.88. The molecule has 2 heterocycles. The first-order valence-electron chi connectivity index (χ1n) is 6.41. The Labute approximate surface area is 125 Å². The number of halogens is 1. The Bertz CT molecular complexity index is 647. The Balaban J connectivity index is 1.72. The monoisotopic (exact) mass is 331 g/mol. The minimum Gasteiger partial charge on any atom is -0.373 e. The number of aryl methyl sites for hydroxylation is 1. The predicted octanol–water partition coefficient (Wildman–Crippen LogP) is 3.13. The number of hydrogen-bond donors (Lipinski definition) is 2. The largest absolute Gasteiger partial charge is 0.373 e. The molecule has 0 unspecified atom stereocenters. The number of para-hydroxylation sites is 1. The van der Waals surface area contributed by atoms with Crippen molar-refractivity contribution in [1.29, 1.82) is 0 Å². The third kappa shape index (κ3) is 2.54. The summed E-state index contributed by atoms with van der Waals surface area (Å²) in [5.41, 5.74) is 3.14. The zero-order chi connectivity index (χ0) is 14.1. The van der Waals surface area contributed by atoms with E-state index in [1.54, 1.807) is 6.20 Å². The molecule has 1 aromatic carbocycles. The standard InChI is InChI=1S/C15H14BrN3O/c1-9-6-11(16)8-17-14(9)19-15(20)13-7-10-4-2-3-5-12(10)18-13/h2-6,8,13,18H,7H2,1H3,(H,17,19,20)/t13-/m0/s1. The second-order valence-electron chi connectivity index (χ2n) is 4.87. The van der Waals surface area contributed by atoms with E-state index in [2.05, 4.69) is 31.5 Å². The molecule has 5 heteroatoms. The van der Waals surface area contributed by atoms with E-state index in [0.29, 0.717) is 12.2 Å². The highest BCUT2D eigenvalue weighted by Gasteiger charge is 2.26. The molecule has 2 N–H and O–H groups in total. The van der Waals surface area contributed by atoms with E-state index in [1.165, 1.54) is 5.56 Å². The van der Waals surface area contributed by atoms with E-state index < -0.39 is 0 Å². The molecular formula is C15H14BrN3O. The average molecular weight is 332 g/mol. The maximum Gasteiger partial charge on any atom is 0.248 e. The lowest BCUT2D eigenvalue weighted by molar-refractivity contribution is -0.116. The molecule has 3 rings (SSSR count). The summed E-state index contributed by atoms with van der Waals surface area (Å²) in [5.74, 6) is 0.551. The van der Waals surface area contributed by atoms with Gasteiger partial charge in [-0.25, -0.2) is 4.98 Å². The molecule has 0 aliphatic carbocycles. The zero-order valence-electron chi connectivity index (χ0n) is 11.0. The van der Waals surface area contributed by atoms with Gasteiger partial charge in [-0.05, 0) is 46.1 Å². The second kappa shape index (κ2) is 5.25. The Kier molecular flexibility index (Phi) is 3.44. The minimum atomic E-state index is -0.239. The number of hydrogen-bond acceptors (Lipinski definition) is 3. The van der Waals surface area contributed by atoms with Crippen molar-refractivity contribution >= 4 is 33.3 Å². The van der Waals surface area contributed by atoms with E-state index in [0.717, 1.165) is 15.7 Å². The van der Waals surface area contributed by atoms with Gasteiger partial charge in [0.15, 0.2) is 0 Å². The van der Waals surface area contributed by atoms with Gasteiger partial charge in [0.05, 0.1) is 0 Å². The van der Waals surface area contributed by atoms with Crippen LogP contribution in [0, 0.1) is 6.92 Å². The van der Waals surface area contributed by atoms with E-state index in [1.807, 2.05) is 37.3 Å². The van der Waals surface area contributed by atoms with Crippen LogP contribution in [0.25, 0.3) is 0 Å². The lowest BCUT2D eigenvalue weighted by Gasteiger charge is -2.13. The molecule has 1 aromatic heterocycles. The summed E-state index contributed by atoms with van der Waals surface area (Å²) in [5, 5.41) is 6.12. The van der Waals surface area contributed by atoms with Crippen LogP contribution in [0.2, 0.25) is 0 Å². The summed E-state index contributed by atoms with van der Waals surface area (Å²) in [7, 11) is 0. The van der Waals surface area contributed by atoms with Crippen LogP contribution in [0.5, 0.6) is 0 Å². The van der Waals surface area contributed by atoms with Gasteiger partial charge in [-0.2, -0.15) is 0 Å². The van der Waals surface area contributed by atoms with Crippen molar-refractivity contribution in [3.05, 3.63) is 52.1 Å². The smallest absolute Gasteiger partial charge is 0.248 e. The predicted molar refractivity (Wildman–Crippen MR) is 82.9 cm³/mol. The number of rotatable bonds is 2. The molecule has 1 atom stereocenters. The van der Waals surface area contributed by atoms with Gasteiger partial charge in [0.1, 0.15) is 11.9 Å². The van der Waals surface area contributed by atoms with Crippen LogP contribution in [-0.2, 0) is 11.2 Å². The average Bonchev–Trinajstić information content (AvgIpc) is 2.86. The molecular weight excluding hydrogens is 318 g/mol. The van der Waals surface area contributed by atoms with Crippen LogP contribution in [0.15, 0.2) is 41.0 Å². The lowest BCUT2D eigenvalue weighted by atomic mass is 10.1. The van der Waals surface area contributed by atoms with Gasteiger partial charge < -0.3 is 10.6 Å². The van der Waals surface area contributed by atoms with Gasteiger partial charge in [0, 0.05) is 22.8 Å². The number of nitrogens with zero attached hydrogens (tertiary/aromatic N) is 1. The summed E-state index contributed by atoms with van der Waals surface area (Å²) < 4.78 is 0.902. The first-order chi connectivity index (χ1) is 9.63. The van der Waals surface area contributed by atoms with Crippen molar-refractivity contribution in [2.45, 2.75) is 19.4 Å². The first kappa shape index (κ1) is 13.1. The SMILES string of the molecule is Cc1cc(Br)cnc1NC(=O)[C@@H]1Cc2ccccc2N1. The first-order valence-corrected chi connectivity index (χ1v) is 7.20. The number of benzene rings is 1. The molecule has 0 saturated heterocycles. The van der Waals surface area contributed by atoms with Gasteiger partial charge in [0.2, 0.25) is 5.91 Å². The highest BCUT2D eigenvalue weighted by molar-refractivity contribution is 9.10. The maximum absolute atomic E-state index is 12.3. The zero-order valence-corrected chi connectivity index (χ0v) is 12.6. The molecule has 0 saturated carbocycles. The number of carbonyl (C=O) groups excluding carboxylic acids is 1. The molecule has 0 spiro atoms. The highest BCUT2D eigenvalue weighted by atomic mass is 79.9.